The minimum absolute atomic E-state index is 0. The first-order valence-corrected chi connectivity index (χ1v) is 11.4. The van der Waals surface area contributed by atoms with E-state index in [2.05, 4.69) is 20.5 Å². The summed E-state index contributed by atoms with van der Waals surface area (Å²) in [5, 5.41) is 11.6. The Bertz CT molecular complexity index is 1410. The molecule has 5 rings (SSSR count). The van der Waals surface area contributed by atoms with Crippen molar-refractivity contribution < 1.29 is 15.3 Å². The third-order valence-corrected chi connectivity index (χ3v) is 5.99. The van der Waals surface area contributed by atoms with Gasteiger partial charge in [0.15, 0.2) is 0 Å². The van der Waals surface area contributed by atoms with Crippen molar-refractivity contribution in [3.63, 3.8) is 0 Å². The number of ether oxygens (including phenoxy) is 2. The molecule has 1 N–H and O–H groups in total. The number of rotatable bonds is 7. The molecule has 0 radical (unpaired) electrons. The van der Waals surface area contributed by atoms with Crippen LogP contribution in [0.5, 0.6) is 5.75 Å². The fourth-order valence-corrected chi connectivity index (χ4v) is 4.13. The summed E-state index contributed by atoms with van der Waals surface area (Å²) in [5.41, 5.74) is 4.21. The lowest BCUT2D eigenvalue weighted by Gasteiger charge is -2.13. The van der Waals surface area contributed by atoms with Crippen molar-refractivity contribution in [2.45, 2.75) is 25.9 Å². The third-order valence-electron chi connectivity index (χ3n) is 5.99. The van der Waals surface area contributed by atoms with E-state index >= 15 is 0 Å². The standard InChI is InChI=1S/C25H26N6O4.H2/c1-15-23(25-30-29-24(35-25)19-6-4-16(11-26-2)10-21(19)33-3)28-20(12-27-15)17-5-7-22(32)31(13-17)18-8-9-34-14-18;/h4-7,10,12-13,18,26H,8-9,11,14H2,1-3H3;1H. The molecule has 0 spiro atoms. The first-order chi connectivity index (χ1) is 17.1. The Morgan fingerprint density at radius 3 is 2.86 bits per heavy atom. The van der Waals surface area contributed by atoms with Crippen LogP contribution >= 0.6 is 0 Å². The Morgan fingerprint density at radius 2 is 2.09 bits per heavy atom. The van der Waals surface area contributed by atoms with Crippen molar-refractivity contribution in [3.8, 4) is 40.0 Å². The van der Waals surface area contributed by atoms with Gasteiger partial charge in [-0.05, 0) is 44.2 Å². The second kappa shape index (κ2) is 9.77. The second-order valence-corrected chi connectivity index (χ2v) is 8.35. The summed E-state index contributed by atoms with van der Waals surface area (Å²) in [6.45, 7) is 3.73. The molecular formula is C25H28N6O4. The number of pyridine rings is 1. The van der Waals surface area contributed by atoms with Crippen LogP contribution in [0.3, 0.4) is 0 Å². The van der Waals surface area contributed by atoms with Gasteiger partial charge in [-0.15, -0.1) is 10.2 Å². The van der Waals surface area contributed by atoms with E-state index in [-0.39, 0.29) is 18.9 Å². The van der Waals surface area contributed by atoms with Crippen LogP contribution in [0.1, 0.15) is 25.1 Å². The molecule has 1 saturated heterocycles. The highest BCUT2D eigenvalue weighted by molar-refractivity contribution is 5.66. The Kier molecular flexibility index (Phi) is 6.39. The molecular weight excluding hydrogens is 448 g/mol. The molecule has 4 heterocycles. The Morgan fingerprint density at radius 1 is 1.23 bits per heavy atom. The molecule has 0 saturated carbocycles. The lowest BCUT2D eigenvalue weighted by molar-refractivity contribution is 0.186. The van der Waals surface area contributed by atoms with Gasteiger partial charge in [-0.2, -0.15) is 0 Å². The zero-order valence-electron chi connectivity index (χ0n) is 19.8. The number of benzene rings is 1. The molecule has 1 aliphatic heterocycles. The highest BCUT2D eigenvalue weighted by atomic mass is 16.5. The van der Waals surface area contributed by atoms with Gasteiger partial charge < -0.3 is 23.8 Å². The number of hydrogen-bond acceptors (Lipinski definition) is 9. The van der Waals surface area contributed by atoms with Gasteiger partial charge in [0.1, 0.15) is 11.4 Å². The van der Waals surface area contributed by atoms with Gasteiger partial charge in [0.25, 0.3) is 17.3 Å². The minimum atomic E-state index is -0.0687. The topological polar surface area (TPSA) is 117 Å². The number of hydrogen-bond donors (Lipinski definition) is 1. The van der Waals surface area contributed by atoms with Crippen molar-refractivity contribution in [1.29, 1.82) is 0 Å². The summed E-state index contributed by atoms with van der Waals surface area (Å²) in [6, 6.07) is 9.12. The Hall–Kier alpha value is -3.89. The summed E-state index contributed by atoms with van der Waals surface area (Å²) < 4.78 is 18.7. The van der Waals surface area contributed by atoms with Gasteiger partial charge in [-0.3, -0.25) is 9.78 Å². The van der Waals surface area contributed by atoms with Crippen molar-refractivity contribution in [3.05, 3.63) is 64.3 Å². The van der Waals surface area contributed by atoms with Gasteiger partial charge >= 0.3 is 0 Å². The monoisotopic (exact) mass is 476 g/mol. The summed E-state index contributed by atoms with van der Waals surface area (Å²) in [4.78, 5) is 21.7. The molecule has 10 nitrogen and oxygen atoms in total. The molecule has 1 atom stereocenters. The molecule has 10 heteroatoms. The maximum atomic E-state index is 12.4. The highest BCUT2D eigenvalue weighted by Gasteiger charge is 2.21. The summed E-state index contributed by atoms with van der Waals surface area (Å²) in [7, 11) is 3.50. The number of nitrogens with one attached hydrogen (secondary N) is 1. The predicted molar refractivity (Wildman–Crippen MR) is 131 cm³/mol. The van der Waals surface area contributed by atoms with Crippen LogP contribution in [0.2, 0.25) is 0 Å². The van der Waals surface area contributed by atoms with E-state index in [0.29, 0.717) is 54.0 Å². The van der Waals surface area contributed by atoms with Gasteiger partial charge in [0.05, 0.1) is 42.9 Å². The van der Waals surface area contributed by atoms with Crippen LogP contribution in [0.15, 0.2) is 51.9 Å². The van der Waals surface area contributed by atoms with Crippen LogP contribution < -0.4 is 15.6 Å². The summed E-state index contributed by atoms with van der Waals surface area (Å²) >= 11 is 0. The van der Waals surface area contributed by atoms with E-state index in [1.54, 1.807) is 30.0 Å². The van der Waals surface area contributed by atoms with Crippen LogP contribution in [0, 0.1) is 6.92 Å². The number of nitrogens with zero attached hydrogens (tertiary/aromatic N) is 5. The smallest absolute Gasteiger partial charge is 0.268 e. The van der Waals surface area contributed by atoms with Gasteiger partial charge in [0, 0.05) is 32.4 Å². The van der Waals surface area contributed by atoms with E-state index in [0.717, 1.165) is 17.5 Å². The molecule has 1 aromatic carbocycles. The highest BCUT2D eigenvalue weighted by Crippen LogP contribution is 2.32. The minimum Gasteiger partial charge on any atom is -0.496 e. The molecule has 1 fully saturated rings. The summed E-state index contributed by atoms with van der Waals surface area (Å²) in [6.07, 6.45) is 4.29. The van der Waals surface area contributed by atoms with E-state index in [4.69, 9.17) is 18.9 Å². The number of methoxy groups -OCH3 is 1. The molecule has 182 valence electrons. The summed E-state index contributed by atoms with van der Waals surface area (Å²) in [5.74, 6) is 1.22. The third kappa shape index (κ3) is 4.58. The average molecular weight is 477 g/mol. The van der Waals surface area contributed by atoms with Gasteiger partial charge in [-0.1, -0.05) is 6.07 Å². The predicted octanol–water partition coefficient (Wildman–Crippen LogP) is 3.27. The first kappa shape index (κ1) is 22.9. The molecule has 0 aliphatic carbocycles. The quantitative estimate of drug-likeness (QED) is 0.429. The molecule has 1 aliphatic rings. The van der Waals surface area contributed by atoms with Crippen LogP contribution in [-0.2, 0) is 11.3 Å². The van der Waals surface area contributed by atoms with E-state index in [9.17, 15) is 4.79 Å². The fraction of sp³-hybridized carbons (Fsp3) is 0.320. The first-order valence-electron chi connectivity index (χ1n) is 11.4. The molecule has 0 amide bonds. The lowest BCUT2D eigenvalue weighted by atomic mass is 10.1. The molecule has 0 bridgehead atoms. The zero-order valence-corrected chi connectivity index (χ0v) is 19.8. The molecule has 4 aromatic rings. The normalized spacial score (nSPS) is 15.5. The molecule has 1 unspecified atom stereocenters. The molecule has 3 aromatic heterocycles. The maximum Gasteiger partial charge on any atom is 0.268 e. The largest absolute Gasteiger partial charge is 0.496 e. The van der Waals surface area contributed by atoms with Gasteiger partial charge in [0.2, 0.25) is 0 Å². The van der Waals surface area contributed by atoms with E-state index < -0.39 is 0 Å². The van der Waals surface area contributed by atoms with Crippen molar-refractivity contribution in [2.75, 3.05) is 27.4 Å². The SMILES string of the molecule is CNCc1ccc(-c2nnc(-c3nc(-c4ccc(=O)n(C5CCOC5)c4)cnc3C)o2)c(OC)c1.[HH]. The fourth-order valence-electron chi connectivity index (χ4n) is 4.13. The zero-order chi connectivity index (χ0) is 24.4. The van der Waals surface area contributed by atoms with Crippen LogP contribution in [0.25, 0.3) is 34.3 Å². The maximum absolute atomic E-state index is 12.4. The lowest BCUT2D eigenvalue weighted by Crippen LogP contribution is -2.23. The van der Waals surface area contributed by atoms with Crippen molar-refractivity contribution in [1.82, 2.24) is 30.0 Å². The second-order valence-electron chi connectivity index (χ2n) is 8.35. The van der Waals surface area contributed by atoms with Crippen molar-refractivity contribution in [2.24, 2.45) is 0 Å². The van der Waals surface area contributed by atoms with Gasteiger partial charge in [-0.25, -0.2) is 4.98 Å². The number of aryl methyl sites for hydroxylation is 1. The molecule has 35 heavy (non-hydrogen) atoms. The van der Waals surface area contributed by atoms with Crippen LogP contribution in [-0.4, -0.2) is 52.1 Å². The van der Waals surface area contributed by atoms with E-state index in [1.807, 2.05) is 38.4 Å². The van der Waals surface area contributed by atoms with E-state index in [1.165, 1.54) is 0 Å². The average Bonchev–Trinajstić information content (AvgIpc) is 3.58. The van der Waals surface area contributed by atoms with Crippen molar-refractivity contribution >= 4 is 0 Å². The Balaban J connectivity index is 0.00000304. The Labute approximate surface area is 203 Å². The number of aromatic nitrogens is 5. The van der Waals surface area contributed by atoms with Crippen LogP contribution in [0.4, 0.5) is 0 Å².